The molecule has 4 aromatic rings. The lowest BCUT2D eigenvalue weighted by Gasteiger charge is -2.26. The van der Waals surface area contributed by atoms with Gasteiger partial charge in [0.2, 0.25) is 15.0 Å². The van der Waals surface area contributed by atoms with E-state index >= 15 is 0 Å². The number of hydrogen-bond donors (Lipinski definition) is 1. The molecule has 0 saturated heterocycles. The van der Waals surface area contributed by atoms with E-state index in [2.05, 4.69) is 48.2 Å². The molecule has 0 saturated carbocycles. The fraction of sp³-hybridized carbons (Fsp3) is 0.250. The van der Waals surface area contributed by atoms with Crippen molar-refractivity contribution >= 4 is 38.7 Å². The summed E-state index contributed by atoms with van der Waals surface area (Å²) in [5.41, 5.74) is 2.80. The molecule has 0 aliphatic carbocycles. The number of sulfone groups is 1. The molecule has 0 aliphatic rings. The van der Waals surface area contributed by atoms with Crippen molar-refractivity contribution in [1.29, 1.82) is 0 Å². The maximum absolute atomic E-state index is 13.5. The molecule has 0 aliphatic heterocycles. The summed E-state index contributed by atoms with van der Waals surface area (Å²) in [6, 6.07) is 18.6. The molecule has 0 spiro atoms. The van der Waals surface area contributed by atoms with Gasteiger partial charge in [0.25, 0.3) is 5.91 Å². The van der Waals surface area contributed by atoms with Crippen LogP contribution in [0.25, 0.3) is 0 Å². The summed E-state index contributed by atoms with van der Waals surface area (Å²) in [4.78, 5) is 23.6. The van der Waals surface area contributed by atoms with E-state index in [9.17, 15) is 13.2 Å². The summed E-state index contributed by atoms with van der Waals surface area (Å²) in [6.45, 7) is 7.13. The van der Waals surface area contributed by atoms with Crippen molar-refractivity contribution in [1.82, 2.24) is 9.97 Å². The lowest BCUT2D eigenvalue weighted by atomic mass is 9.87. The summed E-state index contributed by atoms with van der Waals surface area (Å²) in [6.07, 6.45) is 3.92. The van der Waals surface area contributed by atoms with Gasteiger partial charge in [-0.15, -0.1) is 0 Å². The number of amides is 1. The monoisotopic (exact) mass is 552 g/mol. The highest BCUT2D eigenvalue weighted by atomic mass is 35.5. The molecule has 0 bridgehead atoms. The molecule has 1 N–H and O–H groups in total. The van der Waals surface area contributed by atoms with Crippen LogP contribution in [0.5, 0.6) is 0 Å². The normalized spacial score (nSPS) is 11.8. The molecule has 10 heteroatoms. The molecule has 0 radical (unpaired) electrons. The van der Waals surface area contributed by atoms with E-state index in [1.807, 2.05) is 23.1 Å². The van der Waals surface area contributed by atoms with Gasteiger partial charge < -0.3 is 14.6 Å². The average molecular weight is 553 g/mol. The third-order valence-electron chi connectivity index (χ3n) is 5.88. The highest BCUT2D eigenvalue weighted by molar-refractivity contribution is 7.90. The van der Waals surface area contributed by atoms with Crippen molar-refractivity contribution in [2.24, 2.45) is 0 Å². The van der Waals surface area contributed by atoms with E-state index in [4.69, 9.17) is 16.0 Å². The minimum Gasteiger partial charge on any atom is -0.467 e. The highest BCUT2D eigenvalue weighted by Crippen LogP contribution is 2.28. The smallest absolute Gasteiger partial charge is 0.276 e. The first-order valence-corrected chi connectivity index (χ1v) is 14.2. The fourth-order valence-corrected chi connectivity index (χ4v) is 4.51. The number of aromatic nitrogens is 2. The Balaban J connectivity index is 1.77. The standard InChI is InChI=1S/C28H29ClN4O4S/c1-28(2,3)20-13-11-19(12-14-20)17-33(18-21-8-7-15-37-21)24-16-30-27(38(4,35)36)32-25(24)26(34)31-23-10-6-5-9-22(23)29/h5-16H,17-18H2,1-4H3,(H,31,34). The van der Waals surface area contributed by atoms with E-state index in [1.165, 1.54) is 11.8 Å². The fourth-order valence-electron chi connectivity index (χ4n) is 3.83. The number of rotatable bonds is 8. The van der Waals surface area contributed by atoms with Gasteiger partial charge in [0.15, 0.2) is 5.69 Å². The number of carbonyl (C=O) groups excluding carboxylic acids is 1. The van der Waals surface area contributed by atoms with Crippen LogP contribution in [-0.4, -0.2) is 30.5 Å². The van der Waals surface area contributed by atoms with Crippen LogP contribution in [0.3, 0.4) is 0 Å². The van der Waals surface area contributed by atoms with Gasteiger partial charge in [0, 0.05) is 12.8 Å². The molecular weight excluding hydrogens is 524 g/mol. The molecule has 2 heterocycles. The van der Waals surface area contributed by atoms with Crippen molar-refractivity contribution in [3.05, 3.63) is 101 Å². The molecular formula is C28H29ClN4O4S. The van der Waals surface area contributed by atoms with Crippen LogP contribution in [0.4, 0.5) is 11.4 Å². The van der Waals surface area contributed by atoms with Crippen LogP contribution >= 0.6 is 11.6 Å². The Morgan fingerprint density at radius 3 is 2.34 bits per heavy atom. The van der Waals surface area contributed by atoms with Gasteiger partial charge in [-0.05, 0) is 40.8 Å². The summed E-state index contributed by atoms with van der Waals surface area (Å²) < 4.78 is 30.1. The number of benzene rings is 2. The van der Waals surface area contributed by atoms with Crippen LogP contribution in [0.1, 0.15) is 48.1 Å². The van der Waals surface area contributed by atoms with Crippen LogP contribution in [0, 0.1) is 0 Å². The second-order valence-electron chi connectivity index (χ2n) is 9.97. The first kappa shape index (κ1) is 27.3. The number of para-hydroxylation sites is 1. The summed E-state index contributed by atoms with van der Waals surface area (Å²) >= 11 is 6.24. The Kier molecular flexibility index (Phi) is 7.89. The maximum Gasteiger partial charge on any atom is 0.276 e. The number of nitrogens with zero attached hydrogens (tertiary/aromatic N) is 3. The van der Waals surface area contributed by atoms with Crippen molar-refractivity contribution in [2.75, 3.05) is 16.5 Å². The minimum absolute atomic E-state index is 0.00563. The van der Waals surface area contributed by atoms with E-state index in [1.54, 1.807) is 36.6 Å². The molecule has 4 rings (SSSR count). The second-order valence-corrected chi connectivity index (χ2v) is 12.3. The molecule has 1 amide bonds. The zero-order valence-electron chi connectivity index (χ0n) is 21.6. The van der Waals surface area contributed by atoms with Crippen molar-refractivity contribution in [3.63, 3.8) is 0 Å². The number of anilines is 2. The van der Waals surface area contributed by atoms with Gasteiger partial charge in [0.05, 0.1) is 35.4 Å². The van der Waals surface area contributed by atoms with Gasteiger partial charge in [-0.3, -0.25) is 4.79 Å². The molecule has 2 aromatic carbocycles. The molecule has 0 unspecified atom stereocenters. The van der Waals surface area contributed by atoms with Gasteiger partial charge in [-0.25, -0.2) is 18.4 Å². The Hall–Kier alpha value is -3.69. The van der Waals surface area contributed by atoms with E-state index in [-0.39, 0.29) is 11.1 Å². The number of halogens is 1. The zero-order valence-corrected chi connectivity index (χ0v) is 23.2. The van der Waals surface area contributed by atoms with Gasteiger partial charge in [-0.1, -0.05) is 68.8 Å². The number of furan rings is 1. The zero-order chi connectivity index (χ0) is 27.5. The van der Waals surface area contributed by atoms with Crippen LogP contribution in [-0.2, 0) is 28.3 Å². The predicted molar refractivity (Wildman–Crippen MR) is 148 cm³/mol. The number of hydrogen-bond acceptors (Lipinski definition) is 7. The molecule has 8 nitrogen and oxygen atoms in total. The molecule has 0 fully saturated rings. The van der Waals surface area contributed by atoms with Gasteiger partial charge >= 0.3 is 0 Å². The third-order valence-corrected chi connectivity index (χ3v) is 7.07. The average Bonchev–Trinajstić information content (AvgIpc) is 3.37. The Morgan fingerprint density at radius 1 is 1.03 bits per heavy atom. The lowest BCUT2D eigenvalue weighted by Crippen LogP contribution is -2.27. The van der Waals surface area contributed by atoms with Gasteiger partial charge in [-0.2, -0.15) is 0 Å². The van der Waals surface area contributed by atoms with E-state index in [0.717, 1.165) is 11.8 Å². The Morgan fingerprint density at radius 2 is 1.74 bits per heavy atom. The highest BCUT2D eigenvalue weighted by Gasteiger charge is 2.25. The largest absolute Gasteiger partial charge is 0.467 e. The third kappa shape index (κ3) is 6.59. The maximum atomic E-state index is 13.5. The van der Waals surface area contributed by atoms with Crippen molar-refractivity contribution in [3.8, 4) is 0 Å². The van der Waals surface area contributed by atoms with Crippen molar-refractivity contribution in [2.45, 2.75) is 44.4 Å². The van der Waals surface area contributed by atoms with Crippen LogP contribution < -0.4 is 10.2 Å². The van der Waals surface area contributed by atoms with Gasteiger partial charge in [0.1, 0.15) is 5.76 Å². The Labute approximate surface area is 227 Å². The molecule has 38 heavy (non-hydrogen) atoms. The molecule has 198 valence electrons. The number of nitrogens with one attached hydrogen (secondary N) is 1. The minimum atomic E-state index is -3.78. The van der Waals surface area contributed by atoms with Crippen LogP contribution in [0.2, 0.25) is 5.02 Å². The SMILES string of the molecule is CC(C)(C)c1ccc(CN(Cc2ccco2)c2cnc(S(C)(=O)=O)nc2C(=O)Nc2ccccc2Cl)cc1. The summed E-state index contributed by atoms with van der Waals surface area (Å²) in [5.74, 6) is 0.0360. The predicted octanol–water partition coefficient (Wildman–Crippen LogP) is 5.88. The van der Waals surface area contributed by atoms with E-state index in [0.29, 0.717) is 35.2 Å². The van der Waals surface area contributed by atoms with Crippen LogP contribution in [0.15, 0.2) is 82.7 Å². The lowest BCUT2D eigenvalue weighted by molar-refractivity contribution is 0.102. The topological polar surface area (TPSA) is 105 Å². The summed E-state index contributed by atoms with van der Waals surface area (Å²) in [7, 11) is -3.78. The molecule has 2 aromatic heterocycles. The molecule has 0 atom stereocenters. The summed E-state index contributed by atoms with van der Waals surface area (Å²) in [5, 5.41) is 2.63. The van der Waals surface area contributed by atoms with Crippen molar-refractivity contribution < 1.29 is 17.6 Å². The van der Waals surface area contributed by atoms with E-state index < -0.39 is 20.9 Å². The Bertz CT molecular complexity index is 1530. The second kappa shape index (κ2) is 11.0. The quantitative estimate of drug-likeness (QED) is 0.272. The first-order chi connectivity index (χ1) is 17.9. The first-order valence-electron chi connectivity index (χ1n) is 11.9. The number of carbonyl (C=O) groups is 1.